The minimum atomic E-state index is -2.80. The van der Waals surface area contributed by atoms with Crippen LogP contribution in [0.4, 0.5) is 8.78 Å². The molecule has 0 amide bonds. The summed E-state index contributed by atoms with van der Waals surface area (Å²) in [6.07, 6.45) is 1.98. The first-order chi connectivity index (χ1) is 11.0. The van der Waals surface area contributed by atoms with Crippen LogP contribution in [0.5, 0.6) is 17.2 Å². The van der Waals surface area contributed by atoms with Crippen LogP contribution in [0.15, 0.2) is 30.6 Å². The van der Waals surface area contributed by atoms with Gasteiger partial charge in [0, 0.05) is 6.07 Å². The second kappa shape index (κ2) is 7.57. The Morgan fingerprint density at radius 1 is 1.13 bits per heavy atom. The molecule has 0 N–H and O–H groups in total. The number of benzene rings is 1. The molecular formula is C15H16F2N2O4. The maximum atomic E-state index is 12.4. The molecule has 2 aromatic rings. The van der Waals surface area contributed by atoms with E-state index < -0.39 is 12.5 Å². The van der Waals surface area contributed by atoms with Crippen LogP contribution in [-0.2, 0) is 0 Å². The lowest BCUT2D eigenvalue weighted by Gasteiger charge is -2.10. The van der Waals surface area contributed by atoms with Gasteiger partial charge in [-0.2, -0.15) is 13.9 Å². The molecule has 8 heteroatoms. The zero-order chi connectivity index (χ0) is 16.8. The Labute approximate surface area is 131 Å². The van der Waals surface area contributed by atoms with E-state index in [1.165, 1.54) is 12.1 Å². The molecule has 6 nitrogen and oxygen atoms in total. The molecule has 1 aromatic heterocycles. The van der Waals surface area contributed by atoms with Crippen molar-refractivity contribution >= 4 is 5.97 Å². The summed E-state index contributed by atoms with van der Waals surface area (Å²) in [5.41, 5.74) is 0.184. The summed E-state index contributed by atoms with van der Waals surface area (Å²) in [7, 11) is 0. The van der Waals surface area contributed by atoms with Gasteiger partial charge in [-0.3, -0.25) is 0 Å². The van der Waals surface area contributed by atoms with Gasteiger partial charge in [0.15, 0.2) is 5.75 Å². The molecule has 0 radical (unpaired) electrons. The quantitative estimate of drug-likeness (QED) is 0.731. The zero-order valence-corrected chi connectivity index (χ0v) is 12.7. The molecule has 0 aliphatic carbocycles. The summed E-state index contributed by atoms with van der Waals surface area (Å²) in [5.74, 6) is 0.110. The maximum absolute atomic E-state index is 12.4. The third-order valence-electron chi connectivity index (χ3n) is 2.73. The van der Waals surface area contributed by atoms with E-state index in [2.05, 4.69) is 5.10 Å². The summed E-state index contributed by atoms with van der Waals surface area (Å²) in [4.78, 5) is 12.1. The Bertz CT molecular complexity index is 649. The fraction of sp³-hybridized carbons (Fsp3) is 0.333. The van der Waals surface area contributed by atoms with Gasteiger partial charge in [-0.05, 0) is 26.0 Å². The zero-order valence-electron chi connectivity index (χ0n) is 12.7. The highest BCUT2D eigenvalue weighted by molar-refractivity contribution is 5.92. The van der Waals surface area contributed by atoms with Crippen LogP contribution in [0, 0.1) is 0 Å². The molecule has 23 heavy (non-hydrogen) atoms. The van der Waals surface area contributed by atoms with Gasteiger partial charge in [0.2, 0.25) is 0 Å². The fourth-order valence-electron chi connectivity index (χ4n) is 1.84. The van der Waals surface area contributed by atoms with Gasteiger partial charge in [-0.25, -0.2) is 9.48 Å². The number of esters is 1. The Morgan fingerprint density at radius 3 is 2.22 bits per heavy atom. The largest absolute Gasteiger partial charge is 0.494 e. The maximum Gasteiger partial charge on any atom is 0.343 e. The lowest BCUT2D eigenvalue weighted by atomic mass is 10.2. The average molecular weight is 326 g/mol. The number of carbonyl (C=O) groups excluding carboxylic acids is 1. The summed E-state index contributed by atoms with van der Waals surface area (Å²) in [5, 5.41) is 3.40. The Balaban J connectivity index is 2.19. The highest BCUT2D eigenvalue weighted by Gasteiger charge is 2.15. The summed E-state index contributed by atoms with van der Waals surface area (Å²) in [6, 6.07) is 4.64. The number of hydrogen-bond donors (Lipinski definition) is 0. The second-order valence-corrected chi connectivity index (χ2v) is 4.38. The van der Waals surface area contributed by atoms with Gasteiger partial charge >= 0.3 is 12.5 Å². The molecule has 0 spiro atoms. The van der Waals surface area contributed by atoms with E-state index in [9.17, 15) is 13.6 Å². The first-order valence-corrected chi connectivity index (χ1v) is 6.98. The monoisotopic (exact) mass is 326 g/mol. The SMILES string of the molecule is CCOc1cc(OCC)cc(C(=O)Oc2cnn(C(F)F)c2)c1. The third-order valence-corrected chi connectivity index (χ3v) is 2.73. The van der Waals surface area contributed by atoms with Crippen molar-refractivity contribution in [2.45, 2.75) is 20.4 Å². The van der Waals surface area contributed by atoms with Crippen LogP contribution >= 0.6 is 0 Å². The van der Waals surface area contributed by atoms with Crippen molar-refractivity contribution in [2.24, 2.45) is 0 Å². The number of halogens is 2. The summed E-state index contributed by atoms with van der Waals surface area (Å²) in [6.45, 7) is 1.67. The third kappa shape index (κ3) is 4.41. The molecule has 0 unspecified atom stereocenters. The highest BCUT2D eigenvalue weighted by Crippen LogP contribution is 2.24. The van der Waals surface area contributed by atoms with Gasteiger partial charge in [-0.15, -0.1) is 0 Å². The standard InChI is InChI=1S/C15H16F2N2O4/c1-3-21-11-5-10(6-12(7-11)22-4-2)14(20)23-13-8-18-19(9-13)15(16)17/h5-9,15H,3-4H2,1-2H3. The van der Waals surface area contributed by atoms with Gasteiger partial charge in [0.05, 0.1) is 31.2 Å². The predicted molar refractivity (Wildman–Crippen MR) is 77.2 cm³/mol. The number of ether oxygens (including phenoxy) is 3. The van der Waals surface area contributed by atoms with Crippen LogP contribution in [0.25, 0.3) is 0 Å². The molecule has 0 bridgehead atoms. The molecule has 0 saturated heterocycles. The van der Waals surface area contributed by atoms with E-state index in [1.54, 1.807) is 6.07 Å². The topological polar surface area (TPSA) is 62.6 Å². The van der Waals surface area contributed by atoms with E-state index in [1.807, 2.05) is 13.8 Å². The summed E-state index contributed by atoms with van der Waals surface area (Å²) >= 11 is 0. The van der Waals surface area contributed by atoms with Crippen molar-refractivity contribution in [3.05, 3.63) is 36.2 Å². The van der Waals surface area contributed by atoms with Crippen molar-refractivity contribution in [3.8, 4) is 17.2 Å². The number of carbonyl (C=O) groups is 1. The van der Waals surface area contributed by atoms with E-state index in [0.29, 0.717) is 29.4 Å². The Kier molecular flexibility index (Phi) is 5.51. The van der Waals surface area contributed by atoms with E-state index in [4.69, 9.17) is 14.2 Å². The van der Waals surface area contributed by atoms with Gasteiger partial charge < -0.3 is 14.2 Å². The fourth-order valence-corrected chi connectivity index (χ4v) is 1.84. The van der Waals surface area contributed by atoms with Crippen molar-refractivity contribution in [2.75, 3.05) is 13.2 Å². The molecule has 0 aliphatic rings. The van der Waals surface area contributed by atoms with Gasteiger partial charge in [-0.1, -0.05) is 0 Å². The van der Waals surface area contributed by atoms with Crippen molar-refractivity contribution in [3.63, 3.8) is 0 Å². The highest BCUT2D eigenvalue weighted by atomic mass is 19.3. The van der Waals surface area contributed by atoms with E-state index in [-0.39, 0.29) is 11.3 Å². The lowest BCUT2D eigenvalue weighted by Crippen LogP contribution is -2.09. The molecule has 2 rings (SSSR count). The predicted octanol–water partition coefficient (Wildman–Crippen LogP) is 3.29. The number of aromatic nitrogens is 2. The first-order valence-electron chi connectivity index (χ1n) is 6.98. The van der Waals surface area contributed by atoms with Crippen LogP contribution < -0.4 is 14.2 Å². The van der Waals surface area contributed by atoms with E-state index in [0.717, 1.165) is 12.4 Å². The van der Waals surface area contributed by atoms with Crippen molar-refractivity contribution < 1.29 is 27.8 Å². The first kappa shape index (κ1) is 16.7. The smallest absolute Gasteiger partial charge is 0.343 e. The molecule has 0 saturated carbocycles. The van der Waals surface area contributed by atoms with Crippen LogP contribution in [0.2, 0.25) is 0 Å². The minimum Gasteiger partial charge on any atom is -0.494 e. The molecule has 124 valence electrons. The molecule has 0 atom stereocenters. The van der Waals surface area contributed by atoms with Gasteiger partial charge in [0.1, 0.15) is 11.5 Å². The van der Waals surface area contributed by atoms with Crippen LogP contribution in [0.3, 0.4) is 0 Å². The second-order valence-electron chi connectivity index (χ2n) is 4.38. The molecule has 0 fully saturated rings. The number of hydrogen-bond acceptors (Lipinski definition) is 5. The van der Waals surface area contributed by atoms with Gasteiger partial charge in [0.25, 0.3) is 0 Å². The average Bonchev–Trinajstić information content (AvgIpc) is 2.96. The number of nitrogens with zero attached hydrogens (tertiary/aromatic N) is 2. The molecular weight excluding hydrogens is 310 g/mol. The molecule has 1 heterocycles. The molecule has 1 aromatic carbocycles. The Morgan fingerprint density at radius 2 is 1.74 bits per heavy atom. The number of rotatable bonds is 7. The molecule has 0 aliphatic heterocycles. The Hall–Kier alpha value is -2.64. The summed E-state index contributed by atoms with van der Waals surface area (Å²) < 4.78 is 41.0. The normalized spacial score (nSPS) is 10.7. The van der Waals surface area contributed by atoms with Crippen LogP contribution in [0.1, 0.15) is 30.8 Å². The lowest BCUT2D eigenvalue weighted by molar-refractivity contribution is 0.0558. The van der Waals surface area contributed by atoms with Crippen molar-refractivity contribution in [1.29, 1.82) is 0 Å². The van der Waals surface area contributed by atoms with Crippen LogP contribution in [-0.4, -0.2) is 29.0 Å². The number of alkyl halides is 2. The van der Waals surface area contributed by atoms with Crippen molar-refractivity contribution in [1.82, 2.24) is 9.78 Å². The minimum absolute atomic E-state index is 0.0740. The van der Waals surface area contributed by atoms with E-state index >= 15 is 0 Å².